The third kappa shape index (κ3) is 2.37. The molecule has 1 heterocycles. The maximum atomic E-state index is 12.5. The SMILES string of the molecule is Cc1c(NC(=O)[C@@H](C)N)c(=O)n(-c2ccccc2)n1C. The number of nitrogens with zero attached hydrogens (tertiary/aromatic N) is 2. The van der Waals surface area contributed by atoms with E-state index in [1.54, 1.807) is 25.6 Å². The van der Waals surface area contributed by atoms with Crippen LogP contribution >= 0.6 is 0 Å². The summed E-state index contributed by atoms with van der Waals surface area (Å²) in [4.78, 5) is 24.1. The van der Waals surface area contributed by atoms with E-state index in [0.29, 0.717) is 5.69 Å². The van der Waals surface area contributed by atoms with Crippen LogP contribution in [0.1, 0.15) is 12.6 Å². The summed E-state index contributed by atoms with van der Waals surface area (Å²) in [7, 11) is 1.77. The van der Waals surface area contributed by atoms with Gasteiger partial charge in [0.25, 0.3) is 5.56 Å². The molecule has 0 saturated heterocycles. The molecule has 3 N–H and O–H groups in total. The molecule has 2 aromatic rings. The van der Waals surface area contributed by atoms with Crippen molar-refractivity contribution < 1.29 is 4.79 Å². The summed E-state index contributed by atoms with van der Waals surface area (Å²) in [6, 6.07) is 8.58. The minimum atomic E-state index is -0.667. The Morgan fingerprint density at radius 1 is 1.30 bits per heavy atom. The van der Waals surface area contributed by atoms with Gasteiger partial charge in [-0.2, -0.15) is 0 Å². The van der Waals surface area contributed by atoms with Crippen molar-refractivity contribution in [1.82, 2.24) is 9.36 Å². The van der Waals surface area contributed by atoms with Crippen LogP contribution in [0.2, 0.25) is 0 Å². The van der Waals surface area contributed by atoms with Gasteiger partial charge < -0.3 is 11.1 Å². The average molecular weight is 274 g/mol. The van der Waals surface area contributed by atoms with Crippen LogP contribution < -0.4 is 16.6 Å². The number of aromatic nitrogens is 2. The zero-order valence-corrected chi connectivity index (χ0v) is 11.8. The Labute approximate surface area is 116 Å². The summed E-state index contributed by atoms with van der Waals surface area (Å²) < 4.78 is 3.21. The topological polar surface area (TPSA) is 82.1 Å². The molecule has 0 aliphatic heterocycles. The molecule has 0 radical (unpaired) electrons. The summed E-state index contributed by atoms with van der Waals surface area (Å²) in [5.41, 5.74) is 6.92. The highest BCUT2D eigenvalue weighted by atomic mass is 16.2. The molecule has 0 spiro atoms. The molecule has 106 valence electrons. The van der Waals surface area contributed by atoms with Crippen LogP contribution in [-0.4, -0.2) is 21.3 Å². The Hall–Kier alpha value is -2.34. The number of nitrogens with one attached hydrogen (secondary N) is 1. The van der Waals surface area contributed by atoms with Gasteiger partial charge in [0.05, 0.1) is 17.4 Å². The fourth-order valence-electron chi connectivity index (χ4n) is 1.95. The number of nitrogens with two attached hydrogens (primary N) is 1. The van der Waals surface area contributed by atoms with Crippen LogP contribution in [0.15, 0.2) is 35.1 Å². The number of hydrogen-bond donors (Lipinski definition) is 2. The quantitative estimate of drug-likeness (QED) is 0.867. The fraction of sp³-hybridized carbons (Fsp3) is 0.286. The van der Waals surface area contributed by atoms with Gasteiger partial charge in [0.15, 0.2) is 0 Å². The number of carbonyl (C=O) groups excluding carboxylic acids is 1. The highest BCUT2D eigenvalue weighted by molar-refractivity contribution is 5.94. The van der Waals surface area contributed by atoms with Crippen LogP contribution in [0.4, 0.5) is 5.69 Å². The molecular weight excluding hydrogens is 256 g/mol. The zero-order chi connectivity index (χ0) is 14.9. The van der Waals surface area contributed by atoms with Gasteiger partial charge in [0.2, 0.25) is 5.91 Å². The molecule has 0 aliphatic carbocycles. The van der Waals surface area contributed by atoms with E-state index < -0.39 is 6.04 Å². The number of anilines is 1. The van der Waals surface area contributed by atoms with E-state index in [4.69, 9.17) is 5.73 Å². The predicted molar refractivity (Wildman–Crippen MR) is 78.0 cm³/mol. The zero-order valence-electron chi connectivity index (χ0n) is 11.8. The van der Waals surface area contributed by atoms with Crippen molar-refractivity contribution in [2.75, 3.05) is 5.32 Å². The average Bonchev–Trinajstić information content (AvgIpc) is 2.63. The Kier molecular flexibility index (Phi) is 3.76. The van der Waals surface area contributed by atoms with E-state index >= 15 is 0 Å². The second kappa shape index (κ2) is 5.34. The van der Waals surface area contributed by atoms with E-state index in [2.05, 4.69) is 5.32 Å². The second-order valence-electron chi connectivity index (χ2n) is 4.71. The molecule has 20 heavy (non-hydrogen) atoms. The molecular formula is C14H18N4O2. The first-order chi connectivity index (χ1) is 9.43. The number of benzene rings is 1. The summed E-state index contributed by atoms with van der Waals surface area (Å²) in [5, 5.41) is 2.59. The molecule has 0 fully saturated rings. The highest BCUT2D eigenvalue weighted by Gasteiger charge is 2.19. The van der Waals surface area contributed by atoms with Gasteiger partial charge in [-0.15, -0.1) is 0 Å². The lowest BCUT2D eigenvalue weighted by Crippen LogP contribution is -2.34. The molecule has 1 aromatic heterocycles. The van der Waals surface area contributed by atoms with Gasteiger partial charge in [0, 0.05) is 7.05 Å². The van der Waals surface area contributed by atoms with Crippen molar-refractivity contribution in [3.63, 3.8) is 0 Å². The van der Waals surface area contributed by atoms with E-state index in [1.165, 1.54) is 4.68 Å². The molecule has 1 aromatic carbocycles. The first-order valence-corrected chi connectivity index (χ1v) is 6.34. The minimum Gasteiger partial charge on any atom is -0.320 e. The van der Waals surface area contributed by atoms with Crippen molar-refractivity contribution >= 4 is 11.6 Å². The maximum Gasteiger partial charge on any atom is 0.295 e. The van der Waals surface area contributed by atoms with E-state index in [1.807, 2.05) is 30.3 Å². The first-order valence-electron chi connectivity index (χ1n) is 6.34. The number of amides is 1. The monoisotopic (exact) mass is 274 g/mol. The highest BCUT2D eigenvalue weighted by Crippen LogP contribution is 2.13. The first kappa shape index (κ1) is 14.1. The molecule has 0 bridgehead atoms. The Bertz CT molecular complexity index is 683. The summed E-state index contributed by atoms with van der Waals surface area (Å²) in [6.07, 6.45) is 0. The Morgan fingerprint density at radius 3 is 2.45 bits per heavy atom. The molecule has 6 heteroatoms. The lowest BCUT2D eigenvalue weighted by Gasteiger charge is -2.07. The number of para-hydroxylation sites is 1. The van der Waals surface area contributed by atoms with Crippen LogP contribution in [0, 0.1) is 6.92 Å². The molecule has 0 aliphatic rings. The van der Waals surface area contributed by atoms with Crippen molar-refractivity contribution in [3.8, 4) is 5.69 Å². The number of carbonyl (C=O) groups is 1. The molecule has 1 atom stereocenters. The molecule has 2 rings (SSSR count). The number of hydrogen-bond acceptors (Lipinski definition) is 3. The van der Waals surface area contributed by atoms with Crippen molar-refractivity contribution in [2.45, 2.75) is 19.9 Å². The molecule has 0 unspecified atom stereocenters. The second-order valence-corrected chi connectivity index (χ2v) is 4.71. The van der Waals surface area contributed by atoms with E-state index in [0.717, 1.165) is 5.69 Å². The smallest absolute Gasteiger partial charge is 0.295 e. The lowest BCUT2D eigenvalue weighted by molar-refractivity contribution is -0.117. The minimum absolute atomic E-state index is 0.263. The summed E-state index contributed by atoms with van der Waals surface area (Å²) in [5.74, 6) is -0.379. The van der Waals surface area contributed by atoms with Gasteiger partial charge in [-0.25, -0.2) is 4.68 Å². The Balaban J connectivity index is 2.53. The van der Waals surface area contributed by atoms with Crippen LogP contribution in [0.5, 0.6) is 0 Å². The standard InChI is InChI=1S/C14H18N4O2/c1-9(15)13(19)16-12-10(2)17(3)18(14(12)20)11-7-5-4-6-8-11/h4-9H,15H2,1-3H3,(H,16,19)/t9-/m1/s1. The van der Waals surface area contributed by atoms with E-state index in [9.17, 15) is 9.59 Å². The van der Waals surface area contributed by atoms with Crippen molar-refractivity contribution in [2.24, 2.45) is 12.8 Å². The van der Waals surface area contributed by atoms with Crippen LogP contribution in [0.3, 0.4) is 0 Å². The van der Waals surface area contributed by atoms with Gasteiger partial charge in [0.1, 0.15) is 5.69 Å². The normalized spacial score (nSPS) is 12.2. The van der Waals surface area contributed by atoms with Crippen LogP contribution in [0.25, 0.3) is 5.69 Å². The van der Waals surface area contributed by atoms with Gasteiger partial charge in [-0.1, -0.05) is 18.2 Å². The maximum absolute atomic E-state index is 12.5. The number of rotatable bonds is 3. The van der Waals surface area contributed by atoms with Crippen molar-refractivity contribution in [1.29, 1.82) is 0 Å². The largest absolute Gasteiger partial charge is 0.320 e. The summed E-state index contributed by atoms with van der Waals surface area (Å²) in [6.45, 7) is 3.35. The summed E-state index contributed by atoms with van der Waals surface area (Å²) >= 11 is 0. The lowest BCUT2D eigenvalue weighted by atomic mass is 10.3. The third-order valence-electron chi connectivity index (χ3n) is 3.22. The van der Waals surface area contributed by atoms with Gasteiger partial charge in [-0.05, 0) is 26.0 Å². The third-order valence-corrected chi connectivity index (χ3v) is 3.22. The van der Waals surface area contributed by atoms with Crippen LogP contribution in [-0.2, 0) is 11.8 Å². The molecule has 6 nitrogen and oxygen atoms in total. The van der Waals surface area contributed by atoms with Gasteiger partial charge in [-0.3, -0.25) is 14.3 Å². The molecule has 1 amide bonds. The van der Waals surface area contributed by atoms with Crippen molar-refractivity contribution in [3.05, 3.63) is 46.4 Å². The van der Waals surface area contributed by atoms with E-state index in [-0.39, 0.29) is 17.2 Å². The molecule has 0 saturated carbocycles. The predicted octanol–water partition coefficient (Wildman–Crippen LogP) is 0.770. The fourth-order valence-corrected chi connectivity index (χ4v) is 1.95. The van der Waals surface area contributed by atoms with Gasteiger partial charge >= 0.3 is 0 Å². The Morgan fingerprint density at radius 2 is 1.90 bits per heavy atom.